The molecule has 0 radical (unpaired) electrons. The molecule has 1 fully saturated rings. The van der Waals surface area contributed by atoms with Gasteiger partial charge < -0.3 is 9.84 Å². The molecule has 6 nitrogen and oxygen atoms in total. The molecule has 0 saturated heterocycles. The van der Waals surface area contributed by atoms with Crippen LogP contribution in [0.1, 0.15) is 47.8 Å². The number of ether oxygens (including phenoxy) is 1. The number of aromatic carboxylic acids is 1. The van der Waals surface area contributed by atoms with E-state index in [-0.39, 0.29) is 11.6 Å². The van der Waals surface area contributed by atoms with Crippen LogP contribution in [-0.4, -0.2) is 32.7 Å². The Bertz CT molecular complexity index is 635. The number of carboxylic acids is 1. The zero-order valence-electron chi connectivity index (χ0n) is 12.3. The number of carbonyl (C=O) groups is 1. The van der Waals surface area contributed by atoms with Crippen molar-refractivity contribution in [3.63, 3.8) is 0 Å². The Morgan fingerprint density at radius 2 is 2.09 bits per heavy atom. The van der Waals surface area contributed by atoms with Crippen LogP contribution in [0.15, 0.2) is 30.3 Å². The molecule has 3 rings (SSSR count). The highest BCUT2D eigenvalue weighted by molar-refractivity contribution is 5.86. The van der Waals surface area contributed by atoms with Crippen LogP contribution in [0.2, 0.25) is 0 Å². The first kappa shape index (κ1) is 14.6. The molecule has 0 atom stereocenters. The number of hydrogen-bond acceptors (Lipinski definition) is 4. The quantitative estimate of drug-likeness (QED) is 0.796. The van der Waals surface area contributed by atoms with Gasteiger partial charge in [0.15, 0.2) is 5.69 Å². The largest absolute Gasteiger partial charge is 0.494 e. The fraction of sp³-hybridized carbons (Fsp3) is 0.438. The number of aromatic nitrogens is 3. The molecule has 1 saturated carbocycles. The minimum atomic E-state index is -0.992. The fourth-order valence-corrected chi connectivity index (χ4v) is 2.64. The second kappa shape index (κ2) is 6.60. The van der Waals surface area contributed by atoms with Crippen molar-refractivity contribution in [2.45, 2.75) is 38.1 Å². The molecule has 1 N–H and O–H groups in total. The van der Waals surface area contributed by atoms with Crippen molar-refractivity contribution in [3.05, 3.63) is 41.7 Å². The topological polar surface area (TPSA) is 77.2 Å². The highest BCUT2D eigenvalue weighted by atomic mass is 16.5. The maximum Gasteiger partial charge on any atom is 0.358 e. The Kier molecular flexibility index (Phi) is 4.37. The van der Waals surface area contributed by atoms with Crippen LogP contribution in [0.4, 0.5) is 0 Å². The van der Waals surface area contributed by atoms with Gasteiger partial charge in [0.1, 0.15) is 5.75 Å². The van der Waals surface area contributed by atoms with Crippen molar-refractivity contribution >= 4 is 5.97 Å². The summed E-state index contributed by atoms with van der Waals surface area (Å²) in [5.74, 6) is 0.136. The van der Waals surface area contributed by atoms with Crippen molar-refractivity contribution in [2.24, 2.45) is 0 Å². The summed E-state index contributed by atoms with van der Waals surface area (Å²) < 4.78 is 7.38. The molecule has 2 aromatic rings. The van der Waals surface area contributed by atoms with Gasteiger partial charge in [0.05, 0.1) is 12.3 Å². The van der Waals surface area contributed by atoms with Crippen molar-refractivity contribution in [1.82, 2.24) is 15.0 Å². The first-order valence-corrected chi connectivity index (χ1v) is 7.60. The Morgan fingerprint density at radius 3 is 2.73 bits per heavy atom. The van der Waals surface area contributed by atoms with Crippen molar-refractivity contribution in [2.75, 3.05) is 6.61 Å². The molecule has 0 unspecified atom stereocenters. The van der Waals surface area contributed by atoms with E-state index >= 15 is 0 Å². The predicted octanol–water partition coefficient (Wildman–Crippen LogP) is 2.71. The van der Waals surface area contributed by atoms with E-state index in [0.717, 1.165) is 37.1 Å². The average molecular weight is 301 g/mol. The van der Waals surface area contributed by atoms with E-state index in [4.69, 9.17) is 4.74 Å². The first-order valence-electron chi connectivity index (χ1n) is 7.60. The van der Waals surface area contributed by atoms with Gasteiger partial charge in [-0.3, -0.25) is 0 Å². The molecule has 0 spiro atoms. The average Bonchev–Trinajstić information content (AvgIpc) is 2.87. The zero-order valence-corrected chi connectivity index (χ0v) is 12.3. The van der Waals surface area contributed by atoms with Gasteiger partial charge in [-0.15, -0.1) is 5.10 Å². The number of benzene rings is 1. The van der Waals surface area contributed by atoms with Crippen molar-refractivity contribution in [1.29, 1.82) is 0 Å². The summed E-state index contributed by atoms with van der Waals surface area (Å²) in [5.41, 5.74) is 0.882. The van der Waals surface area contributed by atoms with Crippen molar-refractivity contribution < 1.29 is 14.6 Å². The molecule has 0 aliphatic heterocycles. The standard InChI is InChI=1S/C16H19N3O3/c20-16(21)14-15(12-6-4-7-12)19(18-17-14)10-5-11-22-13-8-2-1-3-9-13/h1-3,8-9,12H,4-7,10-11H2,(H,20,21). The lowest BCUT2D eigenvalue weighted by molar-refractivity contribution is 0.0687. The Morgan fingerprint density at radius 1 is 1.32 bits per heavy atom. The molecule has 6 heteroatoms. The van der Waals surface area contributed by atoms with E-state index in [1.54, 1.807) is 4.68 Å². The summed E-state index contributed by atoms with van der Waals surface area (Å²) >= 11 is 0. The van der Waals surface area contributed by atoms with Crippen LogP contribution in [-0.2, 0) is 6.54 Å². The Hall–Kier alpha value is -2.37. The third-order valence-electron chi connectivity index (χ3n) is 3.99. The van der Waals surface area contributed by atoms with E-state index in [0.29, 0.717) is 13.2 Å². The number of rotatable bonds is 7. The van der Waals surface area contributed by atoms with E-state index in [1.165, 1.54) is 0 Å². The number of para-hydroxylation sites is 1. The van der Waals surface area contributed by atoms with Gasteiger partial charge in [0, 0.05) is 18.9 Å². The predicted molar refractivity (Wildman–Crippen MR) is 80.1 cm³/mol. The summed E-state index contributed by atoms with van der Waals surface area (Å²) in [5, 5.41) is 17.1. The van der Waals surface area contributed by atoms with E-state index in [2.05, 4.69) is 10.3 Å². The van der Waals surface area contributed by atoms with Gasteiger partial charge in [-0.2, -0.15) is 0 Å². The van der Waals surface area contributed by atoms with Gasteiger partial charge in [-0.25, -0.2) is 9.48 Å². The van der Waals surface area contributed by atoms with Crippen LogP contribution in [0.3, 0.4) is 0 Å². The van der Waals surface area contributed by atoms with Crippen LogP contribution in [0, 0.1) is 0 Å². The number of aryl methyl sites for hydroxylation is 1. The smallest absolute Gasteiger partial charge is 0.358 e. The molecule has 0 amide bonds. The zero-order chi connectivity index (χ0) is 15.4. The molecule has 1 aliphatic rings. The fourth-order valence-electron chi connectivity index (χ4n) is 2.64. The summed E-state index contributed by atoms with van der Waals surface area (Å²) in [6.45, 7) is 1.19. The lowest BCUT2D eigenvalue weighted by Crippen LogP contribution is -2.19. The molecule has 1 aromatic carbocycles. The van der Waals surface area contributed by atoms with Gasteiger partial charge in [-0.1, -0.05) is 29.8 Å². The number of hydrogen-bond donors (Lipinski definition) is 1. The molecular formula is C16H19N3O3. The first-order chi connectivity index (χ1) is 10.8. The van der Waals surface area contributed by atoms with Crippen LogP contribution < -0.4 is 4.74 Å². The molecule has 1 heterocycles. The summed E-state index contributed by atoms with van der Waals surface area (Å²) in [6, 6.07) is 9.64. The van der Waals surface area contributed by atoms with Crippen LogP contribution in [0.25, 0.3) is 0 Å². The van der Waals surface area contributed by atoms with Gasteiger partial charge in [0.25, 0.3) is 0 Å². The van der Waals surface area contributed by atoms with Crippen LogP contribution in [0.5, 0.6) is 5.75 Å². The maximum atomic E-state index is 11.3. The summed E-state index contributed by atoms with van der Waals surface area (Å²) in [4.78, 5) is 11.3. The lowest BCUT2D eigenvalue weighted by Gasteiger charge is -2.26. The maximum absolute atomic E-state index is 11.3. The van der Waals surface area contributed by atoms with E-state index in [9.17, 15) is 9.90 Å². The molecule has 1 aromatic heterocycles. The minimum absolute atomic E-state index is 0.105. The van der Waals surface area contributed by atoms with Gasteiger partial charge >= 0.3 is 5.97 Å². The summed E-state index contributed by atoms with van der Waals surface area (Å²) in [7, 11) is 0. The second-order valence-corrected chi connectivity index (χ2v) is 5.49. The second-order valence-electron chi connectivity index (χ2n) is 5.49. The van der Waals surface area contributed by atoms with Gasteiger partial charge in [-0.05, 0) is 25.0 Å². The molecule has 1 aliphatic carbocycles. The monoisotopic (exact) mass is 301 g/mol. The Labute approximate surface area is 128 Å². The number of carboxylic acid groups (broad SMARTS) is 1. The van der Waals surface area contributed by atoms with E-state index in [1.807, 2.05) is 30.3 Å². The third kappa shape index (κ3) is 3.10. The third-order valence-corrected chi connectivity index (χ3v) is 3.99. The Balaban J connectivity index is 1.59. The number of nitrogens with zero attached hydrogens (tertiary/aromatic N) is 3. The minimum Gasteiger partial charge on any atom is -0.494 e. The van der Waals surface area contributed by atoms with Crippen molar-refractivity contribution in [3.8, 4) is 5.75 Å². The summed E-state index contributed by atoms with van der Waals surface area (Å²) in [6.07, 6.45) is 3.95. The molecule has 22 heavy (non-hydrogen) atoms. The molecule has 0 bridgehead atoms. The normalized spacial score (nSPS) is 14.5. The van der Waals surface area contributed by atoms with Gasteiger partial charge in [0.2, 0.25) is 0 Å². The SMILES string of the molecule is O=C(O)c1nnn(CCCOc2ccccc2)c1C1CCC1. The molecular weight excluding hydrogens is 282 g/mol. The van der Waals surface area contributed by atoms with Crippen LogP contribution >= 0.6 is 0 Å². The van der Waals surface area contributed by atoms with E-state index < -0.39 is 5.97 Å². The highest BCUT2D eigenvalue weighted by Crippen LogP contribution is 2.37. The lowest BCUT2D eigenvalue weighted by atomic mass is 9.82. The molecule has 116 valence electrons. The highest BCUT2D eigenvalue weighted by Gasteiger charge is 2.30.